The zero-order chi connectivity index (χ0) is 22.6. The van der Waals surface area contributed by atoms with Crippen molar-refractivity contribution in [2.24, 2.45) is 0 Å². The molecule has 31 heavy (non-hydrogen) atoms. The molecule has 3 rings (SSSR count). The summed E-state index contributed by atoms with van der Waals surface area (Å²) in [5.41, 5.74) is 3.11. The number of pyridine rings is 1. The van der Waals surface area contributed by atoms with Crippen LogP contribution in [0.15, 0.2) is 41.4 Å². The first kappa shape index (κ1) is 23.7. The summed E-state index contributed by atoms with van der Waals surface area (Å²) < 4.78 is 8.90. The van der Waals surface area contributed by atoms with Crippen LogP contribution in [0.5, 0.6) is 0 Å². The van der Waals surface area contributed by atoms with E-state index in [1.165, 1.54) is 23.1 Å². The van der Waals surface area contributed by atoms with Gasteiger partial charge in [-0.1, -0.05) is 17.7 Å². The summed E-state index contributed by atoms with van der Waals surface area (Å²) in [5, 5.41) is 0.491. The van der Waals surface area contributed by atoms with Crippen LogP contribution in [-0.2, 0) is 11.3 Å². The van der Waals surface area contributed by atoms with E-state index in [0.717, 1.165) is 30.2 Å². The number of hydrogen-bond donors (Lipinski definition) is 1. The van der Waals surface area contributed by atoms with Crippen LogP contribution in [0.4, 0.5) is 10.5 Å². The molecule has 1 amide bonds. The monoisotopic (exact) mass is 462 g/mol. The normalized spacial score (nSPS) is 17.5. The van der Waals surface area contributed by atoms with E-state index < -0.39 is 5.60 Å². The number of ether oxygens (including phenoxy) is 1. The third-order valence-electron chi connectivity index (χ3n) is 5.06. The number of carbonyl (C=O) groups is 1. The maximum absolute atomic E-state index is 12.4. The van der Waals surface area contributed by atoms with Crippen molar-refractivity contribution in [2.45, 2.75) is 57.7 Å². The number of piperazine rings is 1. The number of aryl methyl sites for hydroxylation is 1. The maximum Gasteiger partial charge on any atom is 0.410 e. The van der Waals surface area contributed by atoms with Crippen LogP contribution in [0.2, 0.25) is 5.15 Å². The molecule has 1 aliphatic rings. The highest BCUT2D eigenvalue weighted by Crippen LogP contribution is 2.24. The largest absolute Gasteiger partial charge is 0.444 e. The van der Waals surface area contributed by atoms with Crippen LogP contribution in [0.3, 0.4) is 0 Å². The van der Waals surface area contributed by atoms with Crippen LogP contribution in [-0.4, -0.2) is 52.2 Å². The van der Waals surface area contributed by atoms with Crippen molar-refractivity contribution in [3.05, 3.63) is 52.8 Å². The number of aromatic nitrogens is 1. The van der Waals surface area contributed by atoms with Crippen molar-refractivity contribution in [3.8, 4) is 0 Å². The van der Waals surface area contributed by atoms with E-state index in [4.69, 9.17) is 16.3 Å². The first-order valence-corrected chi connectivity index (χ1v) is 11.7. The Hall–Kier alpha value is -1.96. The van der Waals surface area contributed by atoms with Gasteiger partial charge in [-0.15, -0.1) is 0 Å². The number of carbonyl (C=O) groups excluding carboxylic acids is 1. The van der Waals surface area contributed by atoms with Crippen LogP contribution < -0.4 is 4.72 Å². The van der Waals surface area contributed by atoms with Crippen LogP contribution >= 0.6 is 23.5 Å². The molecule has 1 unspecified atom stereocenters. The summed E-state index contributed by atoms with van der Waals surface area (Å²) in [4.78, 5) is 21.8. The molecule has 0 spiro atoms. The minimum Gasteiger partial charge on any atom is -0.444 e. The Bertz CT molecular complexity index is 901. The van der Waals surface area contributed by atoms with Gasteiger partial charge < -0.3 is 14.4 Å². The molecule has 168 valence electrons. The first-order chi connectivity index (χ1) is 14.6. The average Bonchev–Trinajstić information content (AvgIpc) is 2.68. The Morgan fingerprint density at radius 3 is 2.68 bits per heavy atom. The van der Waals surface area contributed by atoms with Crippen molar-refractivity contribution >= 4 is 35.3 Å². The third-order valence-corrected chi connectivity index (χ3v) is 6.10. The van der Waals surface area contributed by atoms with Gasteiger partial charge >= 0.3 is 6.09 Å². The van der Waals surface area contributed by atoms with Gasteiger partial charge in [0.1, 0.15) is 10.8 Å². The Kier molecular flexibility index (Phi) is 7.73. The van der Waals surface area contributed by atoms with Gasteiger partial charge in [0.2, 0.25) is 0 Å². The highest BCUT2D eigenvalue weighted by atomic mass is 35.5. The van der Waals surface area contributed by atoms with Gasteiger partial charge in [0.15, 0.2) is 0 Å². The summed E-state index contributed by atoms with van der Waals surface area (Å²) in [6.45, 7) is 13.1. The maximum atomic E-state index is 12.4. The van der Waals surface area contributed by atoms with E-state index >= 15 is 0 Å². The minimum atomic E-state index is -0.469. The molecule has 1 aliphatic heterocycles. The SMILES string of the molecule is Cc1cc(NSc2ccc(Cl)nc2)ccc1CN1CCN(C(=O)OC(C)(C)C)C(C)C1. The summed E-state index contributed by atoms with van der Waals surface area (Å²) in [6, 6.07) is 10.3. The fourth-order valence-electron chi connectivity index (χ4n) is 3.49. The van der Waals surface area contributed by atoms with Crippen molar-refractivity contribution in [1.82, 2.24) is 14.8 Å². The molecule has 1 N–H and O–H groups in total. The number of rotatable bonds is 5. The molecular formula is C23H31ClN4O2S. The summed E-state index contributed by atoms with van der Waals surface area (Å²) in [5.74, 6) is 0. The standard InChI is InChI=1S/C23H31ClN4O2S/c1-16-12-19(26-31-20-8-9-21(24)25-13-20)7-6-18(16)15-27-10-11-28(17(2)14-27)22(29)30-23(3,4)5/h6-9,12-13,17,26H,10-11,14-15H2,1-5H3. The molecular weight excluding hydrogens is 432 g/mol. The molecule has 1 atom stereocenters. The van der Waals surface area contributed by atoms with E-state index in [1.807, 2.05) is 31.7 Å². The van der Waals surface area contributed by atoms with Crippen LogP contribution in [0.25, 0.3) is 0 Å². The Morgan fingerprint density at radius 1 is 1.29 bits per heavy atom. The van der Waals surface area contributed by atoms with Crippen LogP contribution in [0.1, 0.15) is 38.8 Å². The lowest BCUT2D eigenvalue weighted by Crippen LogP contribution is -2.54. The van der Waals surface area contributed by atoms with E-state index in [2.05, 4.69) is 46.7 Å². The molecule has 1 aromatic carbocycles. The van der Waals surface area contributed by atoms with Crippen molar-refractivity contribution in [2.75, 3.05) is 24.4 Å². The van der Waals surface area contributed by atoms with E-state index in [1.54, 1.807) is 12.3 Å². The second-order valence-corrected chi connectivity index (χ2v) is 10.2. The van der Waals surface area contributed by atoms with Gasteiger partial charge in [-0.3, -0.25) is 4.90 Å². The smallest absolute Gasteiger partial charge is 0.410 e. The zero-order valence-electron chi connectivity index (χ0n) is 18.8. The molecule has 1 saturated heterocycles. The van der Waals surface area contributed by atoms with Crippen LogP contribution in [0, 0.1) is 6.92 Å². The highest BCUT2D eigenvalue weighted by molar-refractivity contribution is 8.00. The predicted molar refractivity (Wildman–Crippen MR) is 128 cm³/mol. The molecule has 0 bridgehead atoms. The Morgan fingerprint density at radius 2 is 2.06 bits per heavy atom. The second-order valence-electron chi connectivity index (χ2n) is 8.92. The topological polar surface area (TPSA) is 57.7 Å². The molecule has 0 aliphatic carbocycles. The lowest BCUT2D eigenvalue weighted by Gasteiger charge is -2.40. The third kappa shape index (κ3) is 7.02. The fraction of sp³-hybridized carbons (Fsp3) is 0.478. The number of hydrogen-bond acceptors (Lipinski definition) is 6. The highest BCUT2D eigenvalue weighted by Gasteiger charge is 2.30. The lowest BCUT2D eigenvalue weighted by molar-refractivity contribution is 0.000536. The number of benzene rings is 1. The Balaban J connectivity index is 1.53. The fourth-order valence-corrected chi connectivity index (χ4v) is 4.20. The second kappa shape index (κ2) is 10.1. The summed E-state index contributed by atoms with van der Waals surface area (Å²) in [7, 11) is 0. The van der Waals surface area contributed by atoms with Crippen molar-refractivity contribution in [1.29, 1.82) is 0 Å². The average molecular weight is 463 g/mol. The van der Waals surface area contributed by atoms with Crippen molar-refractivity contribution in [3.63, 3.8) is 0 Å². The number of amides is 1. The molecule has 6 nitrogen and oxygen atoms in total. The summed E-state index contributed by atoms with van der Waals surface area (Å²) >= 11 is 7.34. The van der Waals surface area contributed by atoms with E-state index in [9.17, 15) is 4.79 Å². The molecule has 2 aromatic rings. The molecule has 1 aromatic heterocycles. The first-order valence-electron chi connectivity index (χ1n) is 10.5. The van der Waals surface area contributed by atoms with Gasteiger partial charge in [-0.2, -0.15) is 0 Å². The van der Waals surface area contributed by atoms with Gasteiger partial charge in [0, 0.05) is 49.0 Å². The number of halogens is 1. The molecule has 2 heterocycles. The quantitative estimate of drug-likeness (QED) is 0.460. The van der Waals surface area contributed by atoms with Gasteiger partial charge in [0.25, 0.3) is 0 Å². The number of anilines is 1. The van der Waals surface area contributed by atoms with E-state index in [-0.39, 0.29) is 12.1 Å². The summed E-state index contributed by atoms with van der Waals surface area (Å²) in [6.07, 6.45) is 1.53. The van der Waals surface area contributed by atoms with Crippen molar-refractivity contribution < 1.29 is 9.53 Å². The van der Waals surface area contributed by atoms with Gasteiger partial charge in [0.05, 0.1) is 0 Å². The predicted octanol–water partition coefficient (Wildman–Crippen LogP) is 5.60. The van der Waals surface area contributed by atoms with Gasteiger partial charge in [-0.25, -0.2) is 9.78 Å². The van der Waals surface area contributed by atoms with Gasteiger partial charge in [-0.05, 0) is 82.0 Å². The molecule has 0 saturated carbocycles. The number of nitrogens with zero attached hydrogens (tertiary/aromatic N) is 3. The molecule has 8 heteroatoms. The molecule has 1 fully saturated rings. The van der Waals surface area contributed by atoms with E-state index in [0.29, 0.717) is 11.7 Å². The number of nitrogens with one attached hydrogen (secondary N) is 1. The lowest BCUT2D eigenvalue weighted by atomic mass is 10.1. The zero-order valence-corrected chi connectivity index (χ0v) is 20.4. The minimum absolute atomic E-state index is 0.120. The molecule has 0 radical (unpaired) electrons. The Labute approximate surface area is 194 Å².